The maximum absolute atomic E-state index is 13.6. The van der Waals surface area contributed by atoms with Gasteiger partial charge in [0.15, 0.2) is 0 Å². The largest absolute Gasteiger partial charge is 0.385 e. The molecule has 0 unspecified atom stereocenters. The van der Waals surface area contributed by atoms with E-state index in [1.165, 1.54) is 6.07 Å². The van der Waals surface area contributed by atoms with Crippen molar-refractivity contribution in [1.82, 2.24) is 4.90 Å². The summed E-state index contributed by atoms with van der Waals surface area (Å²) >= 11 is 0. The summed E-state index contributed by atoms with van der Waals surface area (Å²) in [6.45, 7) is 5.32. The molecule has 0 spiro atoms. The number of piperazine rings is 1. The molecule has 4 nitrogen and oxygen atoms in total. The second kappa shape index (κ2) is 7.22. The van der Waals surface area contributed by atoms with Crippen LogP contribution in [0, 0.1) is 17.1 Å². The third kappa shape index (κ3) is 3.47. The number of ether oxygens (including phenoxy) is 1. The van der Waals surface area contributed by atoms with Crippen molar-refractivity contribution in [2.24, 2.45) is 0 Å². The zero-order chi connectivity index (χ0) is 14.4. The Bertz CT molecular complexity index is 478. The van der Waals surface area contributed by atoms with Gasteiger partial charge in [-0.3, -0.25) is 4.90 Å². The first-order valence-corrected chi connectivity index (χ1v) is 6.91. The highest BCUT2D eigenvalue weighted by Crippen LogP contribution is 2.23. The quantitative estimate of drug-likeness (QED) is 0.770. The lowest BCUT2D eigenvalue weighted by molar-refractivity contribution is 0.169. The van der Waals surface area contributed by atoms with E-state index in [2.05, 4.69) is 9.80 Å². The molecule has 0 radical (unpaired) electrons. The lowest BCUT2D eigenvalue weighted by Crippen LogP contribution is -2.47. The first kappa shape index (κ1) is 14.8. The molecule has 1 aliphatic rings. The molecule has 0 bridgehead atoms. The molecule has 1 aromatic carbocycles. The van der Waals surface area contributed by atoms with Crippen LogP contribution in [0.4, 0.5) is 10.1 Å². The molecule has 1 aliphatic heterocycles. The average Bonchev–Trinajstić information content (AvgIpc) is 2.48. The van der Waals surface area contributed by atoms with Crippen LogP contribution < -0.4 is 4.90 Å². The molecule has 1 fully saturated rings. The second-order valence-corrected chi connectivity index (χ2v) is 4.92. The minimum absolute atomic E-state index is 0.153. The van der Waals surface area contributed by atoms with Crippen LogP contribution in [0.5, 0.6) is 0 Å². The van der Waals surface area contributed by atoms with E-state index in [4.69, 9.17) is 10.00 Å². The highest BCUT2D eigenvalue weighted by atomic mass is 19.1. The Morgan fingerprint density at radius 3 is 2.70 bits per heavy atom. The molecule has 5 heteroatoms. The Morgan fingerprint density at radius 1 is 1.30 bits per heavy atom. The Kier molecular flexibility index (Phi) is 5.33. The Labute approximate surface area is 119 Å². The molecule has 0 saturated carbocycles. The molecule has 0 N–H and O–H groups in total. The standard InChI is InChI=1S/C15H20FN3O/c1-20-11-3-6-18-7-9-19(10-8-18)15-5-2-4-14(16)13(15)12-17/h2,4-5H,3,6-11H2,1H3. The van der Waals surface area contributed by atoms with E-state index in [0.29, 0.717) is 5.69 Å². The Balaban J connectivity index is 1.94. The molecule has 0 aliphatic carbocycles. The number of benzene rings is 1. The fourth-order valence-electron chi connectivity index (χ4n) is 2.53. The average molecular weight is 277 g/mol. The first-order valence-electron chi connectivity index (χ1n) is 6.91. The zero-order valence-corrected chi connectivity index (χ0v) is 11.8. The van der Waals surface area contributed by atoms with Crippen molar-refractivity contribution in [3.05, 3.63) is 29.6 Å². The summed E-state index contributed by atoms with van der Waals surface area (Å²) in [5.74, 6) is -0.437. The summed E-state index contributed by atoms with van der Waals surface area (Å²) in [7, 11) is 1.71. The molecular weight excluding hydrogens is 257 g/mol. The Morgan fingerprint density at radius 2 is 2.05 bits per heavy atom. The summed E-state index contributed by atoms with van der Waals surface area (Å²) in [4.78, 5) is 4.47. The number of hydrogen-bond donors (Lipinski definition) is 0. The van der Waals surface area contributed by atoms with Crippen LogP contribution in [-0.2, 0) is 4.74 Å². The minimum atomic E-state index is -0.437. The molecule has 0 atom stereocenters. The summed E-state index contributed by atoms with van der Waals surface area (Å²) in [6, 6.07) is 6.79. The number of anilines is 1. The van der Waals surface area contributed by atoms with Gasteiger partial charge in [0.2, 0.25) is 0 Å². The van der Waals surface area contributed by atoms with Gasteiger partial charge < -0.3 is 9.64 Å². The monoisotopic (exact) mass is 277 g/mol. The van der Waals surface area contributed by atoms with Crippen molar-refractivity contribution in [1.29, 1.82) is 5.26 Å². The van der Waals surface area contributed by atoms with Gasteiger partial charge in [0.05, 0.1) is 5.69 Å². The van der Waals surface area contributed by atoms with Crippen molar-refractivity contribution >= 4 is 5.69 Å². The van der Waals surface area contributed by atoms with Gasteiger partial charge in [-0.15, -0.1) is 0 Å². The first-order chi connectivity index (χ1) is 9.76. The SMILES string of the molecule is COCCCN1CCN(c2cccc(F)c2C#N)CC1. The van der Waals surface area contributed by atoms with Gasteiger partial charge in [0, 0.05) is 46.4 Å². The van der Waals surface area contributed by atoms with Gasteiger partial charge in [-0.1, -0.05) is 6.07 Å². The maximum atomic E-state index is 13.6. The van der Waals surface area contributed by atoms with Crippen LogP contribution in [0.3, 0.4) is 0 Å². The van der Waals surface area contributed by atoms with Crippen LogP contribution in [0.15, 0.2) is 18.2 Å². The summed E-state index contributed by atoms with van der Waals surface area (Å²) in [5, 5.41) is 9.08. The van der Waals surface area contributed by atoms with E-state index in [9.17, 15) is 4.39 Å². The van der Waals surface area contributed by atoms with E-state index >= 15 is 0 Å². The van der Waals surface area contributed by atoms with Crippen LogP contribution in [0.2, 0.25) is 0 Å². The molecule has 1 heterocycles. The van der Waals surface area contributed by atoms with Gasteiger partial charge in [-0.05, 0) is 18.6 Å². The van der Waals surface area contributed by atoms with Gasteiger partial charge in [0.25, 0.3) is 0 Å². The maximum Gasteiger partial charge on any atom is 0.143 e. The zero-order valence-electron chi connectivity index (χ0n) is 11.8. The summed E-state index contributed by atoms with van der Waals surface area (Å²) in [6.07, 6.45) is 1.03. The number of methoxy groups -OCH3 is 1. The van der Waals surface area contributed by atoms with Gasteiger partial charge in [-0.2, -0.15) is 5.26 Å². The van der Waals surface area contributed by atoms with E-state index in [0.717, 1.165) is 45.8 Å². The molecule has 108 valence electrons. The smallest absolute Gasteiger partial charge is 0.143 e. The number of rotatable bonds is 5. The van der Waals surface area contributed by atoms with Crippen LogP contribution in [-0.4, -0.2) is 51.3 Å². The predicted octanol–water partition coefficient (Wildman–Crippen LogP) is 1.86. The highest BCUT2D eigenvalue weighted by Gasteiger charge is 2.20. The van der Waals surface area contributed by atoms with Crippen molar-refractivity contribution in [3.63, 3.8) is 0 Å². The van der Waals surface area contributed by atoms with E-state index in [1.807, 2.05) is 12.1 Å². The number of nitrogens with zero attached hydrogens (tertiary/aromatic N) is 3. The van der Waals surface area contributed by atoms with Crippen molar-refractivity contribution in [2.45, 2.75) is 6.42 Å². The van der Waals surface area contributed by atoms with E-state index in [-0.39, 0.29) is 5.56 Å². The van der Waals surface area contributed by atoms with Crippen molar-refractivity contribution in [3.8, 4) is 6.07 Å². The minimum Gasteiger partial charge on any atom is -0.385 e. The van der Waals surface area contributed by atoms with Crippen LogP contribution >= 0.6 is 0 Å². The van der Waals surface area contributed by atoms with Gasteiger partial charge >= 0.3 is 0 Å². The van der Waals surface area contributed by atoms with E-state index in [1.54, 1.807) is 13.2 Å². The lowest BCUT2D eigenvalue weighted by Gasteiger charge is -2.36. The number of nitriles is 1. The summed E-state index contributed by atoms with van der Waals surface area (Å²) in [5.41, 5.74) is 0.865. The fourth-order valence-corrected chi connectivity index (χ4v) is 2.53. The third-order valence-corrected chi connectivity index (χ3v) is 3.64. The molecule has 1 aromatic rings. The van der Waals surface area contributed by atoms with Crippen molar-refractivity contribution in [2.75, 3.05) is 51.3 Å². The molecule has 2 rings (SSSR count). The molecule has 1 saturated heterocycles. The van der Waals surface area contributed by atoms with Crippen LogP contribution in [0.1, 0.15) is 12.0 Å². The molecular formula is C15H20FN3O. The fraction of sp³-hybridized carbons (Fsp3) is 0.533. The van der Waals surface area contributed by atoms with Crippen LogP contribution in [0.25, 0.3) is 0 Å². The predicted molar refractivity (Wildman–Crippen MR) is 76.3 cm³/mol. The number of halogens is 1. The van der Waals surface area contributed by atoms with Crippen molar-refractivity contribution < 1.29 is 9.13 Å². The highest BCUT2D eigenvalue weighted by molar-refractivity contribution is 5.60. The van der Waals surface area contributed by atoms with Gasteiger partial charge in [0.1, 0.15) is 17.4 Å². The number of hydrogen-bond acceptors (Lipinski definition) is 4. The molecule has 0 amide bonds. The Hall–Kier alpha value is -1.64. The second-order valence-electron chi connectivity index (χ2n) is 4.92. The molecule has 20 heavy (non-hydrogen) atoms. The van der Waals surface area contributed by atoms with E-state index < -0.39 is 5.82 Å². The molecule has 0 aromatic heterocycles. The third-order valence-electron chi connectivity index (χ3n) is 3.64. The lowest BCUT2D eigenvalue weighted by atomic mass is 10.1. The summed E-state index contributed by atoms with van der Waals surface area (Å²) < 4.78 is 18.7. The van der Waals surface area contributed by atoms with Gasteiger partial charge in [-0.25, -0.2) is 4.39 Å². The normalized spacial score (nSPS) is 16.1. The topological polar surface area (TPSA) is 39.5 Å².